The van der Waals surface area contributed by atoms with Gasteiger partial charge in [-0.2, -0.15) is 18.3 Å². The highest BCUT2D eigenvalue weighted by Crippen LogP contribution is 2.36. The Morgan fingerprint density at radius 2 is 2.11 bits per heavy atom. The van der Waals surface area contributed by atoms with Gasteiger partial charge in [0.1, 0.15) is 6.33 Å². The number of anilines is 1. The number of alkyl halides is 3. The Balaban J connectivity index is 2.20. The average molecular weight is 335 g/mol. The van der Waals surface area contributed by atoms with Gasteiger partial charge >= 0.3 is 6.18 Å². The van der Waals surface area contributed by atoms with Gasteiger partial charge in [0.25, 0.3) is 0 Å². The van der Waals surface area contributed by atoms with E-state index in [1.807, 2.05) is 0 Å². The van der Waals surface area contributed by atoms with E-state index >= 15 is 0 Å². The molecule has 0 aliphatic heterocycles. The molecule has 1 aromatic carbocycles. The third-order valence-electron chi connectivity index (χ3n) is 2.37. The first-order valence-corrected chi connectivity index (χ1v) is 6.10. The van der Waals surface area contributed by atoms with E-state index in [2.05, 4.69) is 31.3 Å². The van der Waals surface area contributed by atoms with Crippen LogP contribution in [0.1, 0.15) is 11.4 Å². The van der Waals surface area contributed by atoms with Crippen molar-refractivity contribution in [3.05, 3.63) is 40.4 Å². The second-order valence-corrected chi connectivity index (χ2v) is 4.79. The molecule has 1 N–H and O–H groups in total. The van der Waals surface area contributed by atoms with Gasteiger partial charge in [-0.25, -0.2) is 4.98 Å². The molecule has 4 nitrogen and oxygen atoms in total. The monoisotopic (exact) mass is 334 g/mol. The Morgan fingerprint density at radius 1 is 1.37 bits per heavy atom. The Hall–Kier alpha value is -1.57. The normalized spacial score (nSPS) is 11.6. The number of rotatable bonds is 3. The van der Waals surface area contributed by atoms with E-state index in [1.165, 1.54) is 17.1 Å². The van der Waals surface area contributed by atoms with Crippen LogP contribution in [0.4, 0.5) is 18.9 Å². The Bertz CT molecular complexity index is 580. The predicted molar refractivity (Wildman–Crippen MR) is 67.5 cm³/mol. The fraction of sp³-hybridized carbons (Fsp3) is 0.273. The van der Waals surface area contributed by atoms with Crippen molar-refractivity contribution in [2.75, 3.05) is 5.32 Å². The molecule has 102 valence electrons. The van der Waals surface area contributed by atoms with E-state index in [4.69, 9.17) is 0 Å². The minimum Gasteiger partial charge on any atom is -0.377 e. The zero-order valence-electron chi connectivity index (χ0n) is 9.87. The zero-order chi connectivity index (χ0) is 14.0. The summed E-state index contributed by atoms with van der Waals surface area (Å²) in [7, 11) is 1.69. The van der Waals surface area contributed by atoms with Crippen LogP contribution in [0, 0.1) is 0 Å². The van der Waals surface area contributed by atoms with Crippen LogP contribution in [0.3, 0.4) is 0 Å². The Labute approximate surface area is 115 Å². The highest BCUT2D eigenvalue weighted by atomic mass is 79.9. The zero-order valence-corrected chi connectivity index (χ0v) is 11.5. The van der Waals surface area contributed by atoms with Crippen molar-refractivity contribution in [1.82, 2.24) is 14.8 Å². The highest BCUT2D eigenvalue weighted by Gasteiger charge is 2.33. The van der Waals surface area contributed by atoms with E-state index < -0.39 is 11.7 Å². The molecule has 0 aliphatic carbocycles. The van der Waals surface area contributed by atoms with Crippen LogP contribution in [-0.4, -0.2) is 14.8 Å². The number of aryl methyl sites for hydroxylation is 1. The van der Waals surface area contributed by atoms with Crippen LogP contribution in [0.25, 0.3) is 0 Å². The lowest BCUT2D eigenvalue weighted by atomic mass is 10.1. The lowest BCUT2D eigenvalue weighted by Gasteiger charge is -2.14. The molecule has 0 radical (unpaired) electrons. The minimum absolute atomic E-state index is 0.00292. The van der Waals surface area contributed by atoms with Crippen molar-refractivity contribution >= 4 is 21.6 Å². The molecule has 1 aromatic heterocycles. The second kappa shape index (κ2) is 5.20. The van der Waals surface area contributed by atoms with Gasteiger partial charge < -0.3 is 5.32 Å². The number of hydrogen-bond acceptors (Lipinski definition) is 3. The van der Waals surface area contributed by atoms with E-state index in [0.717, 1.165) is 6.07 Å². The molecule has 0 saturated heterocycles. The molecule has 2 aromatic rings. The molecule has 1 heterocycles. The summed E-state index contributed by atoms with van der Waals surface area (Å²) in [5.41, 5.74) is -0.721. The predicted octanol–water partition coefficient (Wildman–Crippen LogP) is 3.21. The standard InChI is InChI=1S/C11H10BrF3N4/c1-19-6-17-10(18-19)5-16-9-3-2-7(12)4-8(9)11(13,14)15/h2-4,6,16H,5H2,1H3. The van der Waals surface area contributed by atoms with Crippen LogP contribution in [-0.2, 0) is 19.8 Å². The van der Waals surface area contributed by atoms with Crippen molar-refractivity contribution in [1.29, 1.82) is 0 Å². The Morgan fingerprint density at radius 3 is 2.68 bits per heavy atom. The maximum atomic E-state index is 12.9. The summed E-state index contributed by atoms with van der Waals surface area (Å²) in [5.74, 6) is 0.429. The number of benzene rings is 1. The fourth-order valence-corrected chi connectivity index (χ4v) is 1.91. The van der Waals surface area contributed by atoms with E-state index in [-0.39, 0.29) is 12.2 Å². The van der Waals surface area contributed by atoms with Crippen molar-refractivity contribution in [3.8, 4) is 0 Å². The van der Waals surface area contributed by atoms with E-state index in [1.54, 1.807) is 13.1 Å². The van der Waals surface area contributed by atoms with Crippen LogP contribution < -0.4 is 5.32 Å². The summed E-state index contributed by atoms with van der Waals surface area (Å²) < 4.78 is 40.5. The minimum atomic E-state index is -4.41. The van der Waals surface area contributed by atoms with Crippen molar-refractivity contribution in [2.24, 2.45) is 7.05 Å². The molecule has 0 bridgehead atoms. The molecule has 0 fully saturated rings. The van der Waals surface area contributed by atoms with Crippen LogP contribution in [0.15, 0.2) is 29.0 Å². The van der Waals surface area contributed by atoms with Crippen molar-refractivity contribution < 1.29 is 13.2 Å². The molecule has 0 spiro atoms. The third kappa shape index (κ3) is 3.46. The van der Waals surface area contributed by atoms with Crippen LogP contribution >= 0.6 is 15.9 Å². The van der Waals surface area contributed by atoms with Gasteiger partial charge in [-0.3, -0.25) is 4.68 Å². The molecule has 0 atom stereocenters. The van der Waals surface area contributed by atoms with Gasteiger partial charge in [0.2, 0.25) is 0 Å². The van der Waals surface area contributed by atoms with Crippen molar-refractivity contribution in [2.45, 2.75) is 12.7 Å². The number of nitrogens with one attached hydrogen (secondary N) is 1. The summed E-state index contributed by atoms with van der Waals surface area (Å²) in [6.45, 7) is 0.131. The van der Waals surface area contributed by atoms with Gasteiger partial charge in [0.05, 0.1) is 12.1 Å². The number of hydrogen-bond donors (Lipinski definition) is 1. The smallest absolute Gasteiger partial charge is 0.377 e. The summed E-state index contributed by atoms with van der Waals surface area (Å²) in [5, 5.41) is 6.69. The quantitative estimate of drug-likeness (QED) is 0.937. The molecular formula is C11H10BrF3N4. The van der Waals surface area contributed by atoms with Crippen LogP contribution in [0.2, 0.25) is 0 Å². The van der Waals surface area contributed by atoms with Gasteiger partial charge in [-0.1, -0.05) is 15.9 Å². The summed E-state index contributed by atoms with van der Waals surface area (Å²) in [4.78, 5) is 3.94. The molecule has 0 amide bonds. The topological polar surface area (TPSA) is 42.7 Å². The average Bonchev–Trinajstić information content (AvgIpc) is 2.72. The van der Waals surface area contributed by atoms with E-state index in [0.29, 0.717) is 10.3 Å². The molecule has 8 heteroatoms. The van der Waals surface area contributed by atoms with Gasteiger partial charge in [-0.05, 0) is 18.2 Å². The number of halogens is 4. The molecular weight excluding hydrogens is 325 g/mol. The first-order valence-electron chi connectivity index (χ1n) is 5.31. The van der Waals surface area contributed by atoms with Crippen LogP contribution in [0.5, 0.6) is 0 Å². The van der Waals surface area contributed by atoms with Gasteiger partial charge in [-0.15, -0.1) is 0 Å². The van der Waals surface area contributed by atoms with Gasteiger partial charge in [0.15, 0.2) is 5.82 Å². The van der Waals surface area contributed by atoms with E-state index in [9.17, 15) is 13.2 Å². The first-order chi connectivity index (χ1) is 8.86. The summed E-state index contributed by atoms with van der Waals surface area (Å²) >= 11 is 3.03. The fourth-order valence-electron chi connectivity index (χ4n) is 1.54. The highest BCUT2D eigenvalue weighted by molar-refractivity contribution is 9.10. The molecule has 0 unspecified atom stereocenters. The molecule has 19 heavy (non-hydrogen) atoms. The van der Waals surface area contributed by atoms with Gasteiger partial charge in [0, 0.05) is 17.2 Å². The maximum Gasteiger partial charge on any atom is 0.418 e. The maximum absolute atomic E-state index is 12.9. The summed E-state index contributed by atoms with van der Waals surface area (Å²) in [6, 6.07) is 3.95. The second-order valence-electron chi connectivity index (χ2n) is 3.88. The van der Waals surface area contributed by atoms with Crippen molar-refractivity contribution in [3.63, 3.8) is 0 Å². The lowest BCUT2D eigenvalue weighted by Crippen LogP contribution is -2.11. The number of aromatic nitrogens is 3. The lowest BCUT2D eigenvalue weighted by molar-refractivity contribution is -0.137. The first kappa shape index (κ1) is 13.9. The summed E-state index contributed by atoms with van der Waals surface area (Å²) in [6.07, 6.45) is -2.92. The number of nitrogens with zero attached hydrogens (tertiary/aromatic N) is 3. The molecule has 2 rings (SSSR count). The largest absolute Gasteiger partial charge is 0.418 e. The molecule has 0 saturated carbocycles. The Kier molecular flexibility index (Phi) is 3.79. The third-order valence-corrected chi connectivity index (χ3v) is 2.86. The molecule has 0 aliphatic rings. The SMILES string of the molecule is Cn1cnc(CNc2ccc(Br)cc2C(F)(F)F)n1.